The average Bonchev–Trinajstić information content (AvgIpc) is 2.95. The minimum atomic E-state index is -1.25. The average molecular weight is 303 g/mol. The highest BCUT2D eigenvalue weighted by Gasteiger charge is 2.21. The largest absolute Gasteiger partial charge is 0.465 e. The van der Waals surface area contributed by atoms with Crippen LogP contribution in [-0.4, -0.2) is 32.6 Å². The molecule has 2 rings (SSSR count). The zero-order valence-electron chi connectivity index (χ0n) is 12.1. The lowest BCUT2D eigenvalue weighted by atomic mass is 10.2. The maximum atomic E-state index is 12.1. The van der Waals surface area contributed by atoms with E-state index in [9.17, 15) is 9.59 Å². The summed E-state index contributed by atoms with van der Waals surface area (Å²) in [4.78, 5) is 26.7. The van der Waals surface area contributed by atoms with Gasteiger partial charge in [-0.25, -0.2) is 9.78 Å². The number of ketones is 1. The van der Waals surface area contributed by atoms with E-state index >= 15 is 0 Å². The van der Waals surface area contributed by atoms with Crippen molar-refractivity contribution >= 4 is 11.9 Å². The summed E-state index contributed by atoms with van der Waals surface area (Å²) in [6, 6.07) is 8.78. The summed E-state index contributed by atoms with van der Waals surface area (Å²) < 4.78 is 7.10. The first-order chi connectivity index (χ1) is 10.6. The molecule has 0 bridgehead atoms. The molecule has 0 fully saturated rings. The molecule has 0 saturated carbocycles. The van der Waals surface area contributed by atoms with E-state index in [1.807, 2.05) is 30.3 Å². The minimum absolute atomic E-state index is 0.161. The van der Waals surface area contributed by atoms with Gasteiger partial charge in [0.05, 0.1) is 12.6 Å². The SMILES string of the molecule is C[C@H](NC(=O)O)C(=O)c1nccn1COCc1ccccc1. The molecule has 22 heavy (non-hydrogen) atoms. The van der Waals surface area contributed by atoms with Crippen LogP contribution < -0.4 is 5.32 Å². The standard InChI is InChI=1S/C15H17N3O4/c1-11(17-15(20)21)13(19)14-16-7-8-18(14)10-22-9-12-5-3-2-4-6-12/h2-8,11,17H,9-10H2,1H3,(H,20,21)/t11-/m0/s1. The van der Waals surface area contributed by atoms with Gasteiger partial charge in [-0.15, -0.1) is 0 Å². The molecule has 2 N–H and O–H groups in total. The van der Waals surface area contributed by atoms with Crippen LogP contribution in [0.25, 0.3) is 0 Å². The van der Waals surface area contributed by atoms with Crippen LogP contribution in [0.2, 0.25) is 0 Å². The third-order valence-electron chi connectivity index (χ3n) is 3.01. The van der Waals surface area contributed by atoms with E-state index in [0.29, 0.717) is 6.61 Å². The van der Waals surface area contributed by atoms with Gasteiger partial charge in [0.2, 0.25) is 5.78 Å². The van der Waals surface area contributed by atoms with Crippen molar-refractivity contribution < 1.29 is 19.4 Å². The number of carbonyl (C=O) groups is 2. The van der Waals surface area contributed by atoms with Crippen molar-refractivity contribution in [3.05, 3.63) is 54.1 Å². The topological polar surface area (TPSA) is 93.5 Å². The molecule has 0 saturated heterocycles. The smallest absolute Gasteiger partial charge is 0.405 e. The van der Waals surface area contributed by atoms with E-state index in [1.54, 1.807) is 10.8 Å². The number of carbonyl (C=O) groups excluding carboxylic acids is 1. The molecule has 116 valence electrons. The number of imidazole rings is 1. The maximum Gasteiger partial charge on any atom is 0.405 e. The van der Waals surface area contributed by atoms with Crippen molar-refractivity contribution in [1.82, 2.24) is 14.9 Å². The van der Waals surface area contributed by atoms with Crippen molar-refractivity contribution in [3.8, 4) is 0 Å². The summed E-state index contributed by atoms with van der Waals surface area (Å²) in [5.74, 6) is -0.245. The third kappa shape index (κ3) is 4.16. The lowest BCUT2D eigenvalue weighted by molar-refractivity contribution is 0.0601. The Morgan fingerprint density at radius 3 is 2.77 bits per heavy atom. The Bertz CT molecular complexity index is 639. The van der Waals surface area contributed by atoms with Gasteiger partial charge in [-0.05, 0) is 12.5 Å². The second kappa shape index (κ2) is 7.37. The van der Waals surface area contributed by atoms with Crippen molar-refractivity contribution in [1.29, 1.82) is 0 Å². The fourth-order valence-corrected chi connectivity index (χ4v) is 1.92. The number of aromatic nitrogens is 2. The van der Waals surface area contributed by atoms with Crippen molar-refractivity contribution in [2.75, 3.05) is 0 Å². The number of nitrogens with zero attached hydrogens (tertiary/aromatic N) is 2. The Hall–Kier alpha value is -2.67. The van der Waals surface area contributed by atoms with E-state index < -0.39 is 17.9 Å². The van der Waals surface area contributed by atoms with Gasteiger partial charge >= 0.3 is 6.09 Å². The Balaban J connectivity index is 1.94. The van der Waals surface area contributed by atoms with Crippen LogP contribution in [0.4, 0.5) is 4.79 Å². The first-order valence-corrected chi connectivity index (χ1v) is 6.74. The van der Waals surface area contributed by atoms with Gasteiger partial charge in [-0.1, -0.05) is 30.3 Å². The summed E-state index contributed by atoms with van der Waals surface area (Å²) in [6.45, 7) is 2.05. The monoisotopic (exact) mass is 303 g/mol. The molecule has 1 aromatic heterocycles. The molecule has 0 aliphatic rings. The first kappa shape index (κ1) is 15.7. The van der Waals surface area contributed by atoms with Gasteiger partial charge in [0, 0.05) is 12.4 Å². The Morgan fingerprint density at radius 1 is 1.36 bits per heavy atom. The second-order valence-corrected chi connectivity index (χ2v) is 4.72. The summed E-state index contributed by atoms with van der Waals surface area (Å²) in [7, 11) is 0. The van der Waals surface area contributed by atoms with E-state index in [2.05, 4.69) is 10.3 Å². The van der Waals surface area contributed by atoms with Crippen LogP contribution in [0.5, 0.6) is 0 Å². The zero-order chi connectivity index (χ0) is 15.9. The molecule has 1 atom stereocenters. The Kier molecular flexibility index (Phi) is 5.26. The molecule has 2 aromatic rings. The fraction of sp³-hybridized carbons (Fsp3) is 0.267. The Labute approximate surface area is 127 Å². The maximum absolute atomic E-state index is 12.1. The quantitative estimate of drug-likeness (QED) is 0.762. The number of rotatable bonds is 7. The van der Waals surface area contributed by atoms with E-state index in [0.717, 1.165) is 5.56 Å². The van der Waals surface area contributed by atoms with Crippen molar-refractivity contribution in [2.45, 2.75) is 26.3 Å². The lowest BCUT2D eigenvalue weighted by Gasteiger charge is -2.12. The molecule has 1 aromatic carbocycles. The van der Waals surface area contributed by atoms with Crippen LogP contribution in [-0.2, 0) is 18.1 Å². The second-order valence-electron chi connectivity index (χ2n) is 4.72. The van der Waals surface area contributed by atoms with Gasteiger partial charge < -0.3 is 19.7 Å². The van der Waals surface area contributed by atoms with Gasteiger partial charge in [-0.3, -0.25) is 4.79 Å². The van der Waals surface area contributed by atoms with Crippen molar-refractivity contribution in [2.24, 2.45) is 0 Å². The molecule has 1 heterocycles. The highest BCUT2D eigenvalue weighted by molar-refractivity contribution is 5.98. The summed E-state index contributed by atoms with van der Waals surface area (Å²) in [6.07, 6.45) is 1.84. The molecule has 1 amide bonds. The molecular formula is C15H17N3O4. The molecule has 7 heteroatoms. The molecule has 0 spiro atoms. The van der Waals surface area contributed by atoms with E-state index in [1.165, 1.54) is 13.1 Å². The lowest BCUT2D eigenvalue weighted by Crippen LogP contribution is -2.38. The molecule has 0 aliphatic heterocycles. The summed E-state index contributed by atoms with van der Waals surface area (Å²) >= 11 is 0. The molecule has 7 nitrogen and oxygen atoms in total. The van der Waals surface area contributed by atoms with Crippen LogP contribution in [0, 0.1) is 0 Å². The molecule has 0 unspecified atom stereocenters. The number of nitrogens with one attached hydrogen (secondary N) is 1. The van der Waals surface area contributed by atoms with Gasteiger partial charge in [-0.2, -0.15) is 0 Å². The van der Waals surface area contributed by atoms with Crippen LogP contribution in [0.15, 0.2) is 42.7 Å². The Morgan fingerprint density at radius 2 is 2.09 bits per heavy atom. The predicted octanol–water partition coefficient (Wildman–Crippen LogP) is 1.90. The molecular weight excluding hydrogens is 286 g/mol. The highest BCUT2D eigenvalue weighted by Crippen LogP contribution is 2.06. The number of Topliss-reactive ketones (excluding diaryl/α,β-unsaturated/α-hetero) is 1. The number of ether oxygens (including phenoxy) is 1. The first-order valence-electron chi connectivity index (χ1n) is 6.74. The number of hydrogen-bond acceptors (Lipinski definition) is 4. The van der Waals surface area contributed by atoms with Crippen LogP contribution in [0.1, 0.15) is 23.1 Å². The van der Waals surface area contributed by atoms with E-state index in [4.69, 9.17) is 9.84 Å². The zero-order valence-corrected chi connectivity index (χ0v) is 12.1. The van der Waals surface area contributed by atoms with Gasteiger partial charge in [0.1, 0.15) is 6.73 Å². The number of amides is 1. The normalized spacial score (nSPS) is 11.9. The van der Waals surface area contributed by atoms with Crippen molar-refractivity contribution in [3.63, 3.8) is 0 Å². The number of carboxylic acid groups (broad SMARTS) is 1. The minimum Gasteiger partial charge on any atom is -0.465 e. The highest BCUT2D eigenvalue weighted by atomic mass is 16.5. The fourth-order valence-electron chi connectivity index (χ4n) is 1.92. The molecule has 0 aliphatic carbocycles. The third-order valence-corrected chi connectivity index (χ3v) is 3.01. The number of benzene rings is 1. The number of hydrogen-bond donors (Lipinski definition) is 2. The molecule has 0 radical (unpaired) electrons. The predicted molar refractivity (Wildman–Crippen MR) is 78.4 cm³/mol. The summed E-state index contributed by atoms with van der Waals surface area (Å²) in [5.41, 5.74) is 1.02. The van der Waals surface area contributed by atoms with Gasteiger partial charge in [0.25, 0.3) is 0 Å². The summed E-state index contributed by atoms with van der Waals surface area (Å²) in [5, 5.41) is 10.8. The van der Waals surface area contributed by atoms with E-state index in [-0.39, 0.29) is 12.6 Å². The van der Waals surface area contributed by atoms with Crippen LogP contribution >= 0.6 is 0 Å². The van der Waals surface area contributed by atoms with Gasteiger partial charge in [0.15, 0.2) is 5.82 Å². The van der Waals surface area contributed by atoms with Crippen LogP contribution in [0.3, 0.4) is 0 Å².